The van der Waals surface area contributed by atoms with E-state index in [1.807, 2.05) is 61.5 Å². The summed E-state index contributed by atoms with van der Waals surface area (Å²) in [6.45, 7) is 6.05. The van der Waals surface area contributed by atoms with Gasteiger partial charge in [0.1, 0.15) is 6.61 Å². The number of methoxy groups -OCH3 is 1. The van der Waals surface area contributed by atoms with Crippen LogP contribution in [0.1, 0.15) is 42.1 Å². The predicted molar refractivity (Wildman–Crippen MR) is 160 cm³/mol. The van der Waals surface area contributed by atoms with Crippen LogP contribution in [0.3, 0.4) is 0 Å². The molecule has 0 fully saturated rings. The van der Waals surface area contributed by atoms with E-state index in [0.717, 1.165) is 16.7 Å². The van der Waals surface area contributed by atoms with Crippen molar-refractivity contribution in [2.75, 3.05) is 13.7 Å². The van der Waals surface area contributed by atoms with Gasteiger partial charge in [-0.25, -0.2) is 9.79 Å². The summed E-state index contributed by atoms with van der Waals surface area (Å²) >= 11 is 7.87. The molecular weight excluding hydrogens is 560 g/mol. The Kier molecular flexibility index (Phi) is 8.42. The molecule has 1 atom stereocenters. The van der Waals surface area contributed by atoms with E-state index < -0.39 is 12.0 Å². The van der Waals surface area contributed by atoms with Crippen LogP contribution in [0.25, 0.3) is 6.08 Å². The molecule has 0 aliphatic carbocycles. The van der Waals surface area contributed by atoms with Crippen LogP contribution in [-0.2, 0) is 16.1 Å². The lowest BCUT2D eigenvalue weighted by Gasteiger charge is -2.24. The van der Waals surface area contributed by atoms with Crippen molar-refractivity contribution in [2.45, 2.75) is 33.4 Å². The van der Waals surface area contributed by atoms with E-state index in [-0.39, 0.29) is 12.2 Å². The number of aryl methyl sites for hydroxylation is 1. The zero-order valence-electron chi connectivity index (χ0n) is 23.1. The van der Waals surface area contributed by atoms with E-state index in [4.69, 9.17) is 25.8 Å². The SMILES string of the molecule is CCOC(=O)C1=C(C)N=c2s/c(=C/c3cc(Cl)c(OCc4ccccc4)c(OC)c3)c(=O)n2[C@@H]1c1ccc(C)cc1. The molecule has 3 aromatic carbocycles. The van der Waals surface area contributed by atoms with Crippen LogP contribution in [0.5, 0.6) is 11.5 Å². The lowest BCUT2D eigenvalue weighted by Crippen LogP contribution is -2.39. The number of thiazole rings is 1. The van der Waals surface area contributed by atoms with Crippen LogP contribution in [0.4, 0.5) is 0 Å². The minimum absolute atomic E-state index is 0.217. The number of halogens is 1. The van der Waals surface area contributed by atoms with Crippen LogP contribution in [0.15, 0.2) is 87.8 Å². The molecular formula is C32H29ClN2O5S. The molecule has 0 N–H and O–H groups in total. The van der Waals surface area contributed by atoms with Gasteiger partial charge < -0.3 is 14.2 Å². The topological polar surface area (TPSA) is 79.1 Å². The predicted octanol–water partition coefficient (Wildman–Crippen LogP) is 5.35. The van der Waals surface area contributed by atoms with Crippen LogP contribution in [-0.4, -0.2) is 24.3 Å². The largest absolute Gasteiger partial charge is 0.493 e. The van der Waals surface area contributed by atoms with Crippen molar-refractivity contribution in [3.63, 3.8) is 0 Å². The Hall–Kier alpha value is -4.14. The monoisotopic (exact) mass is 588 g/mol. The van der Waals surface area contributed by atoms with Gasteiger partial charge in [0.15, 0.2) is 16.3 Å². The molecule has 4 aromatic rings. The Morgan fingerprint density at radius 3 is 2.51 bits per heavy atom. The quantitative estimate of drug-likeness (QED) is 0.259. The molecule has 0 unspecified atom stereocenters. The van der Waals surface area contributed by atoms with Crippen LogP contribution in [0, 0.1) is 6.92 Å². The highest BCUT2D eigenvalue weighted by Crippen LogP contribution is 2.37. The molecule has 0 bridgehead atoms. The molecule has 210 valence electrons. The highest BCUT2D eigenvalue weighted by molar-refractivity contribution is 7.07. The van der Waals surface area contributed by atoms with Crippen molar-refractivity contribution in [2.24, 2.45) is 4.99 Å². The van der Waals surface area contributed by atoms with E-state index in [1.165, 1.54) is 11.3 Å². The summed E-state index contributed by atoms with van der Waals surface area (Å²) in [6, 6.07) is 20.4. The van der Waals surface area contributed by atoms with Crippen molar-refractivity contribution < 1.29 is 19.0 Å². The number of benzene rings is 3. The Labute approximate surface area is 246 Å². The van der Waals surface area contributed by atoms with Gasteiger partial charge in [0.25, 0.3) is 5.56 Å². The van der Waals surface area contributed by atoms with Crippen molar-refractivity contribution in [3.05, 3.63) is 125 Å². The number of aromatic nitrogens is 1. The number of hydrogen-bond acceptors (Lipinski definition) is 7. The number of ether oxygens (including phenoxy) is 3. The number of fused-ring (bicyclic) bond motifs is 1. The first-order valence-corrected chi connectivity index (χ1v) is 14.3. The number of rotatable bonds is 8. The lowest BCUT2D eigenvalue weighted by atomic mass is 9.95. The average molecular weight is 589 g/mol. The second-order valence-electron chi connectivity index (χ2n) is 9.52. The minimum Gasteiger partial charge on any atom is -0.493 e. The second-order valence-corrected chi connectivity index (χ2v) is 10.9. The van der Waals surface area contributed by atoms with E-state index in [9.17, 15) is 9.59 Å². The van der Waals surface area contributed by atoms with E-state index >= 15 is 0 Å². The Morgan fingerprint density at radius 2 is 1.83 bits per heavy atom. The number of hydrogen-bond donors (Lipinski definition) is 0. The maximum absolute atomic E-state index is 13.9. The molecule has 0 radical (unpaired) electrons. The van der Waals surface area contributed by atoms with Crippen molar-refractivity contribution in [1.82, 2.24) is 4.57 Å². The molecule has 0 amide bonds. The molecule has 9 heteroatoms. The standard InChI is InChI=1S/C32H29ClN2O5S/c1-5-39-31(37)27-20(3)34-32-35(28(27)23-13-11-19(2)12-14-23)30(36)26(41-32)17-22-15-24(33)29(25(16-22)38-4)40-18-21-9-7-6-8-10-21/h6-17,28H,5,18H2,1-4H3/b26-17+/t28-/m1/s1. The number of allylic oxidation sites excluding steroid dienone is 1. The van der Waals surface area contributed by atoms with Gasteiger partial charge in [-0.15, -0.1) is 0 Å². The maximum Gasteiger partial charge on any atom is 0.338 e. The van der Waals surface area contributed by atoms with E-state index in [0.29, 0.717) is 49.3 Å². The maximum atomic E-state index is 13.9. The molecule has 0 saturated carbocycles. The van der Waals surface area contributed by atoms with Crippen LogP contribution < -0.4 is 24.4 Å². The first-order valence-electron chi connectivity index (χ1n) is 13.1. The summed E-state index contributed by atoms with van der Waals surface area (Å²) in [7, 11) is 1.54. The molecule has 1 aromatic heterocycles. The van der Waals surface area contributed by atoms with Gasteiger partial charge >= 0.3 is 5.97 Å². The highest BCUT2D eigenvalue weighted by Gasteiger charge is 2.33. The fourth-order valence-corrected chi connectivity index (χ4v) is 6.02. The molecule has 1 aliphatic rings. The summed E-state index contributed by atoms with van der Waals surface area (Å²) in [6.07, 6.45) is 1.74. The molecule has 5 rings (SSSR count). The summed E-state index contributed by atoms with van der Waals surface area (Å²) < 4.78 is 18.9. The molecule has 7 nitrogen and oxygen atoms in total. The van der Waals surface area contributed by atoms with Crippen molar-refractivity contribution >= 4 is 35.0 Å². The fourth-order valence-electron chi connectivity index (χ4n) is 4.70. The third-order valence-corrected chi connectivity index (χ3v) is 7.95. The van der Waals surface area contributed by atoms with E-state index in [2.05, 4.69) is 4.99 Å². The molecule has 1 aliphatic heterocycles. The summed E-state index contributed by atoms with van der Waals surface area (Å²) in [5, 5.41) is 0.359. The molecule has 0 spiro atoms. The number of carbonyl (C=O) groups excluding carboxylic acids is 1. The molecule has 0 saturated heterocycles. The summed E-state index contributed by atoms with van der Waals surface area (Å²) in [5.74, 6) is 0.382. The van der Waals surface area contributed by atoms with Gasteiger partial charge in [-0.3, -0.25) is 9.36 Å². The summed E-state index contributed by atoms with van der Waals surface area (Å²) in [5.41, 5.74) is 4.12. The Balaban J connectivity index is 1.58. The first-order chi connectivity index (χ1) is 19.8. The number of carbonyl (C=O) groups is 1. The van der Waals surface area contributed by atoms with Gasteiger partial charge in [0, 0.05) is 0 Å². The van der Waals surface area contributed by atoms with Crippen molar-refractivity contribution in [3.8, 4) is 11.5 Å². The van der Waals surface area contributed by atoms with Crippen LogP contribution >= 0.6 is 22.9 Å². The van der Waals surface area contributed by atoms with Crippen molar-refractivity contribution in [1.29, 1.82) is 0 Å². The third kappa shape index (κ3) is 5.85. The number of nitrogens with zero attached hydrogens (tertiary/aromatic N) is 2. The summed E-state index contributed by atoms with van der Waals surface area (Å²) in [4.78, 5) is 32.1. The molecule has 41 heavy (non-hydrogen) atoms. The fraction of sp³-hybridized carbons (Fsp3) is 0.219. The van der Waals surface area contributed by atoms with Gasteiger partial charge in [-0.05, 0) is 55.7 Å². The normalized spacial score (nSPS) is 14.9. The van der Waals surface area contributed by atoms with Crippen LogP contribution in [0.2, 0.25) is 5.02 Å². The second kappa shape index (κ2) is 12.2. The van der Waals surface area contributed by atoms with Gasteiger partial charge in [0.2, 0.25) is 0 Å². The zero-order valence-corrected chi connectivity index (χ0v) is 24.7. The number of esters is 1. The Bertz CT molecular complexity index is 1810. The minimum atomic E-state index is -0.667. The zero-order chi connectivity index (χ0) is 29.1. The average Bonchev–Trinajstić information content (AvgIpc) is 3.26. The van der Waals surface area contributed by atoms with Gasteiger partial charge in [-0.1, -0.05) is 83.1 Å². The smallest absolute Gasteiger partial charge is 0.338 e. The highest BCUT2D eigenvalue weighted by atomic mass is 35.5. The van der Waals surface area contributed by atoms with Gasteiger partial charge in [0.05, 0.1) is 40.6 Å². The first kappa shape index (κ1) is 28.4. The van der Waals surface area contributed by atoms with Gasteiger partial charge in [-0.2, -0.15) is 0 Å². The molecule has 2 heterocycles. The Morgan fingerprint density at radius 1 is 1.10 bits per heavy atom. The van der Waals surface area contributed by atoms with E-state index in [1.54, 1.807) is 43.7 Å². The third-order valence-electron chi connectivity index (χ3n) is 6.69. The lowest BCUT2D eigenvalue weighted by molar-refractivity contribution is -0.139.